The molecular weight excluding hydrogens is 246 g/mol. The summed E-state index contributed by atoms with van der Waals surface area (Å²) in [5.41, 5.74) is 0.473. The molecule has 0 aliphatic carbocycles. The number of hydrogen-bond acceptors (Lipinski definition) is 1. The first-order chi connectivity index (χ1) is 5.52. The molecule has 0 aliphatic rings. The van der Waals surface area contributed by atoms with Crippen LogP contribution in [0.3, 0.4) is 0 Å². The minimum absolute atomic E-state index is 0.230. The highest BCUT2D eigenvalue weighted by Gasteiger charge is 2.09. The van der Waals surface area contributed by atoms with Crippen molar-refractivity contribution in [2.24, 2.45) is 0 Å². The Hall–Kier alpha value is -0.120. The fourth-order valence-corrected chi connectivity index (χ4v) is 1.26. The summed E-state index contributed by atoms with van der Waals surface area (Å²) < 4.78 is 13.2. The molecule has 1 rings (SSSR count). The Morgan fingerprint density at radius 2 is 2.17 bits per heavy atom. The molecule has 0 bridgehead atoms. The van der Waals surface area contributed by atoms with E-state index in [1.807, 2.05) is 0 Å². The molecule has 0 amide bonds. The van der Waals surface area contributed by atoms with Crippen molar-refractivity contribution in [3.8, 4) is 0 Å². The standard InChI is InChI=1S/C8H7BrClFO/c1-4(12)5-2-6(10)8(9)7(11)3-5/h2-4,12H,1H3. The van der Waals surface area contributed by atoms with Crippen molar-refractivity contribution >= 4 is 27.5 Å². The third-order valence-electron chi connectivity index (χ3n) is 1.49. The monoisotopic (exact) mass is 252 g/mol. The summed E-state index contributed by atoms with van der Waals surface area (Å²) in [6.07, 6.45) is -0.704. The number of rotatable bonds is 1. The van der Waals surface area contributed by atoms with Crippen LogP contribution < -0.4 is 0 Å². The fourth-order valence-electron chi connectivity index (χ4n) is 0.816. The number of benzene rings is 1. The summed E-state index contributed by atoms with van der Waals surface area (Å²) in [7, 11) is 0. The second kappa shape index (κ2) is 3.73. The van der Waals surface area contributed by atoms with Gasteiger partial charge in [-0.15, -0.1) is 0 Å². The first-order valence-electron chi connectivity index (χ1n) is 3.35. The third-order valence-corrected chi connectivity index (χ3v) is 2.82. The van der Waals surface area contributed by atoms with Crippen LogP contribution in [0, 0.1) is 5.82 Å². The van der Waals surface area contributed by atoms with Gasteiger partial charge >= 0.3 is 0 Å². The lowest BCUT2D eigenvalue weighted by atomic mass is 10.1. The van der Waals surface area contributed by atoms with Crippen LogP contribution in [0.1, 0.15) is 18.6 Å². The van der Waals surface area contributed by atoms with Crippen LogP contribution in [0.5, 0.6) is 0 Å². The van der Waals surface area contributed by atoms with Crippen LogP contribution in [0.4, 0.5) is 4.39 Å². The zero-order valence-electron chi connectivity index (χ0n) is 6.31. The lowest BCUT2D eigenvalue weighted by molar-refractivity contribution is 0.199. The van der Waals surface area contributed by atoms with Crippen molar-refractivity contribution in [2.45, 2.75) is 13.0 Å². The van der Waals surface area contributed by atoms with E-state index in [0.29, 0.717) is 5.56 Å². The summed E-state index contributed by atoms with van der Waals surface area (Å²) >= 11 is 8.64. The lowest BCUT2D eigenvalue weighted by Crippen LogP contribution is -1.92. The maximum atomic E-state index is 13.0. The molecule has 1 atom stereocenters. The Labute approximate surface area is 83.3 Å². The summed E-state index contributed by atoms with van der Waals surface area (Å²) in [4.78, 5) is 0. The van der Waals surface area contributed by atoms with Gasteiger partial charge in [-0.05, 0) is 40.5 Å². The predicted octanol–water partition coefficient (Wildman–Crippen LogP) is 3.29. The van der Waals surface area contributed by atoms with E-state index in [1.165, 1.54) is 12.1 Å². The Balaban J connectivity index is 3.21. The topological polar surface area (TPSA) is 20.2 Å². The molecule has 0 spiro atoms. The molecule has 1 N–H and O–H groups in total. The highest BCUT2D eigenvalue weighted by atomic mass is 79.9. The summed E-state index contributed by atoms with van der Waals surface area (Å²) in [6.45, 7) is 1.55. The van der Waals surface area contributed by atoms with E-state index in [-0.39, 0.29) is 9.50 Å². The Kier molecular flexibility index (Phi) is 3.09. The van der Waals surface area contributed by atoms with E-state index in [4.69, 9.17) is 16.7 Å². The number of halogens is 3. The highest BCUT2D eigenvalue weighted by Crippen LogP contribution is 2.28. The van der Waals surface area contributed by atoms with Crippen LogP contribution in [-0.2, 0) is 0 Å². The smallest absolute Gasteiger partial charge is 0.139 e. The highest BCUT2D eigenvalue weighted by molar-refractivity contribution is 9.10. The predicted molar refractivity (Wildman–Crippen MR) is 49.7 cm³/mol. The first-order valence-corrected chi connectivity index (χ1v) is 4.52. The fraction of sp³-hybridized carbons (Fsp3) is 0.250. The maximum Gasteiger partial charge on any atom is 0.139 e. The third kappa shape index (κ3) is 1.97. The molecule has 0 saturated carbocycles. The second-order valence-electron chi connectivity index (χ2n) is 2.47. The van der Waals surface area contributed by atoms with Gasteiger partial charge in [-0.1, -0.05) is 11.6 Å². The van der Waals surface area contributed by atoms with Crippen LogP contribution >= 0.6 is 27.5 Å². The minimum atomic E-state index is -0.704. The molecule has 0 aromatic heterocycles. The summed E-state index contributed by atoms with van der Waals surface area (Å²) in [5, 5.41) is 9.39. The van der Waals surface area contributed by atoms with Gasteiger partial charge in [0.25, 0.3) is 0 Å². The van der Waals surface area contributed by atoms with Crippen molar-refractivity contribution < 1.29 is 9.50 Å². The van der Waals surface area contributed by atoms with Gasteiger partial charge in [-0.3, -0.25) is 0 Å². The second-order valence-corrected chi connectivity index (χ2v) is 3.67. The van der Waals surface area contributed by atoms with Crippen molar-refractivity contribution in [3.05, 3.63) is 33.0 Å². The van der Waals surface area contributed by atoms with Crippen LogP contribution in [-0.4, -0.2) is 5.11 Å². The molecule has 66 valence electrons. The van der Waals surface area contributed by atoms with Gasteiger partial charge in [0.05, 0.1) is 15.6 Å². The molecule has 1 aromatic carbocycles. The van der Waals surface area contributed by atoms with Gasteiger partial charge in [-0.2, -0.15) is 0 Å². The van der Waals surface area contributed by atoms with Crippen molar-refractivity contribution in [1.82, 2.24) is 0 Å². The van der Waals surface area contributed by atoms with E-state index in [9.17, 15) is 4.39 Å². The van der Waals surface area contributed by atoms with Crippen LogP contribution in [0.15, 0.2) is 16.6 Å². The normalized spacial score (nSPS) is 13.1. The minimum Gasteiger partial charge on any atom is -0.389 e. The van der Waals surface area contributed by atoms with Crippen LogP contribution in [0.2, 0.25) is 5.02 Å². The molecule has 0 fully saturated rings. The van der Waals surface area contributed by atoms with Gasteiger partial charge in [0.15, 0.2) is 0 Å². The molecule has 0 radical (unpaired) electrons. The van der Waals surface area contributed by atoms with Gasteiger partial charge < -0.3 is 5.11 Å². The zero-order chi connectivity index (χ0) is 9.30. The zero-order valence-corrected chi connectivity index (χ0v) is 8.66. The molecule has 0 saturated heterocycles. The Bertz CT molecular complexity index is 278. The van der Waals surface area contributed by atoms with Gasteiger partial charge in [-0.25, -0.2) is 4.39 Å². The summed E-state index contributed by atoms with van der Waals surface area (Å²) in [5.74, 6) is -0.460. The number of aliphatic hydroxyl groups is 1. The quantitative estimate of drug-likeness (QED) is 0.762. The Morgan fingerprint density at radius 1 is 1.58 bits per heavy atom. The molecule has 1 unspecified atom stereocenters. The van der Waals surface area contributed by atoms with Gasteiger partial charge in [0.2, 0.25) is 0 Å². The van der Waals surface area contributed by atoms with E-state index in [1.54, 1.807) is 6.92 Å². The molecule has 0 heterocycles. The molecule has 1 nitrogen and oxygen atoms in total. The van der Waals surface area contributed by atoms with Crippen molar-refractivity contribution in [2.75, 3.05) is 0 Å². The molecule has 1 aromatic rings. The lowest BCUT2D eigenvalue weighted by Gasteiger charge is -2.06. The van der Waals surface area contributed by atoms with Gasteiger partial charge in [0, 0.05) is 0 Å². The SMILES string of the molecule is CC(O)c1cc(F)c(Br)c(Cl)c1. The summed E-state index contributed by atoms with van der Waals surface area (Å²) in [6, 6.07) is 2.78. The van der Waals surface area contributed by atoms with E-state index < -0.39 is 11.9 Å². The molecular formula is C8H7BrClFO. The van der Waals surface area contributed by atoms with Gasteiger partial charge in [0.1, 0.15) is 5.82 Å². The molecule has 4 heteroatoms. The van der Waals surface area contributed by atoms with E-state index >= 15 is 0 Å². The van der Waals surface area contributed by atoms with E-state index in [0.717, 1.165) is 0 Å². The molecule has 0 aliphatic heterocycles. The number of aliphatic hydroxyl groups excluding tert-OH is 1. The molecule has 12 heavy (non-hydrogen) atoms. The number of hydrogen-bond donors (Lipinski definition) is 1. The Morgan fingerprint density at radius 3 is 2.58 bits per heavy atom. The van der Waals surface area contributed by atoms with Crippen molar-refractivity contribution in [1.29, 1.82) is 0 Å². The maximum absolute atomic E-state index is 13.0. The average Bonchev–Trinajstić information content (AvgIpc) is 1.99. The average molecular weight is 253 g/mol. The van der Waals surface area contributed by atoms with E-state index in [2.05, 4.69) is 15.9 Å². The van der Waals surface area contributed by atoms with Crippen molar-refractivity contribution in [3.63, 3.8) is 0 Å². The first kappa shape index (κ1) is 9.96. The largest absolute Gasteiger partial charge is 0.389 e. The van der Waals surface area contributed by atoms with Crippen LogP contribution in [0.25, 0.3) is 0 Å².